The third-order valence-corrected chi connectivity index (χ3v) is 7.97. The summed E-state index contributed by atoms with van der Waals surface area (Å²) < 4.78 is 76.4. The molecule has 1 aromatic heterocycles. The van der Waals surface area contributed by atoms with E-state index in [4.69, 9.17) is 58.0 Å². The van der Waals surface area contributed by atoms with Crippen LogP contribution in [0.4, 0.5) is 8.78 Å². The smallest absolute Gasteiger partial charge is 0.337 e. The minimum absolute atomic E-state index is 0.00473. The molecule has 3 aromatic rings. The molecule has 60 heavy (non-hydrogen) atoms. The van der Waals surface area contributed by atoms with Gasteiger partial charge in [-0.15, -0.1) is 0 Å². The Morgan fingerprint density at radius 1 is 0.567 bits per heavy atom. The first-order valence-corrected chi connectivity index (χ1v) is 19.7. The number of aliphatic hydroxyl groups excluding tert-OH is 3. The average Bonchev–Trinajstić information content (AvgIpc) is 3.70. The number of H-pyrrole nitrogens is 1. The number of ketones is 1. The monoisotopic (exact) mass is 859 g/mol. The van der Waals surface area contributed by atoms with Crippen molar-refractivity contribution in [2.75, 3.05) is 139 Å². The Balaban J connectivity index is 0.000000893. The molecule has 0 unspecified atom stereocenters. The van der Waals surface area contributed by atoms with Crippen molar-refractivity contribution in [3.05, 3.63) is 82.2 Å². The lowest BCUT2D eigenvalue weighted by atomic mass is 9.93. The number of carboxylic acids is 1. The Morgan fingerprint density at radius 2 is 0.967 bits per heavy atom. The van der Waals surface area contributed by atoms with Gasteiger partial charge in [0.1, 0.15) is 11.6 Å². The van der Waals surface area contributed by atoms with E-state index in [0.717, 1.165) is 37.6 Å². The maximum atomic E-state index is 14.8. The van der Waals surface area contributed by atoms with Crippen LogP contribution in [0, 0.1) is 18.6 Å². The molecule has 18 heteroatoms. The molecule has 0 saturated carbocycles. The molecule has 0 aliphatic carbocycles. The molecule has 0 aliphatic heterocycles. The predicted octanol–water partition coefficient (Wildman–Crippen LogP) is 3.49. The summed E-state index contributed by atoms with van der Waals surface area (Å²) in [5, 5.41) is 33.6. The number of carbonyl (C=O) groups excluding carboxylic acids is 1. The van der Waals surface area contributed by atoms with Crippen LogP contribution < -0.4 is 0 Å². The standard InChI is InChI=1S/C31H37F2NO9.C10H22O5.CH4O/c1-21-25(32)6-7-26(33)27(21)28-24(31(37)38)20-34-29(28)30(36)23-4-2-22(3-5-23)8-10-39-12-14-41-16-18-43-19-17-42-15-13-40-11-9-35;1-2-12-5-6-14-9-10-15-8-7-13-4-3-11;1-2/h2-7,20,34-35H,8-19H2,1H3,(H,37,38);11H,2-10H2,1H3;2H,1H3. The van der Waals surface area contributed by atoms with Gasteiger partial charge in [0.25, 0.3) is 0 Å². The molecular weight excluding hydrogens is 796 g/mol. The van der Waals surface area contributed by atoms with Crippen molar-refractivity contribution in [3.8, 4) is 11.1 Å². The first-order valence-electron chi connectivity index (χ1n) is 19.7. The van der Waals surface area contributed by atoms with E-state index in [1.54, 1.807) is 24.3 Å². The van der Waals surface area contributed by atoms with Crippen molar-refractivity contribution in [1.82, 2.24) is 4.98 Å². The van der Waals surface area contributed by atoms with E-state index in [-0.39, 0.29) is 46.7 Å². The Labute approximate surface area is 350 Å². The van der Waals surface area contributed by atoms with E-state index < -0.39 is 23.4 Å². The fourth-order valence-electron chi connectivity index (χ4n) is 5.06. The second-order valence-corrected chi connectivity index (χ2v) is 12.1. The molecule has 16 nitrogen and oxygen atoms in total. The summed E-state index contributed by atoms with van der Waals surface area (Å²) in [5.41, 5.74) is 0.152. The number of benzene rings is 2. The molecule has 1 heterocycles. The van der Waals surface area contributed by atoms with E-state index in [0.29, 0.717) is 119 Å². The van der Waals surface area contributed by atoms with Crippen LogP contribution in [0.3, 0.4) is 0 Å². The number of carboxylic acid groups (broad SMARTS) is 1. The molecular formula is C42H63F2NO15. The number of rotatable bonds is 33. The van der Waals surface area contributed by atoms with Gasteiger partial charge in [0, 0.05) is 36.6 Å². The summed E-state index contributed by atoms with van der Waals surface area (Å²) >= 11 is 0. The number of ether oxygens (including phenoxy) is 9. The average molecular weight is 860 g/mol. The quantitative estimate of drug-likeness (QED) is 0.0438. The molecule has 0 aliphatic rings. The maximum absolute atomic E-state index is 14.8. The first kappa shape index (κ1) is 54.3. The number of halogens is 2. The molecule has 0 bridgehead atoms. The fourth-order valence-corrected chi connectivity index (χ4v) is 5.06. The van der Waals surface area contributed by atoms with Gasteiger partial charge >= 0.3 is 5.97 Å². The highest BCUT2D eigenvalue weighted by molar-refractivity contribution is 6.14. The number of nitrogens with one attached hydrogen (secondary N) is 1. The van der Waals surface area contributed by atoms with Gasteiger partial charge < -0.3 is 68.0 Å². The molecule has 0 spiro atoms. The lowest BCUT2D eigenvalue weighted by Crippen LogP contribution is -2.14. The molecule has 0 atom stereocenters. The number of aromatic carboxylic acids is 1. The van der Waals surface area contributed by atoms with Gasteiger partial charge in [-0.05, 0) is 43.5 Å². The number of aromatic nitrogens is 1. The van der Waals surface area contributed by atoms with Crippen LogP contribution in [0.2, 0.25) is 0 Å². The van der Waals surface area contributed by atoms with Gasteiger partial charge in [-0.3, -0.25) is 4.79 Å². The van der Waals surface area contributed by atoms with Crippen LogP contribution in [0.15, 0.2) is 42.6 Å². The Kier molecular flexibility index (Phi) is 32.5. The number of hydrogen-bond donors (Lipinski definition) is 5. The Hall–Kier alpha value is -3.76. The molecule has 340 valence electrons. The minimum Gasteiger partial charge on any atom is -0.478 e. The van der Waals surface area contributed by atoms with Crippen molar-refractivity contribution < 1.29 is 81.4 Å². The number of carbonyl (C=O) groups is 2. The van der Waals surface area contributed by atoms with Crippen LogP contribution in [0.25, 0.3) is 11.1 Å². The van der Waals surface area contributed by atoms with E-state index in [9.17, 15) is 23.5 Å². The number of aromatic amines is 1. The Bertz CT molecular complexity index is 1530. The van der Waals surface area contributed by atoms with Crippen LogP contribution in [0.1, 0.15) is 44.5 Å². The van der Waals surface area contributed by atoms with Crippen molar-refractivity contribution in [3.63, 3.8) is 0 Å². The van der Waals surface area contributed by atoms with Crippen LogP contribution in [-0.4, -0.2) is 176 Å². The summed E-state index contributed by atoms with van der Waals surface area (Å²) in [4.78, 5) is 27.8. The summed E-state index contributed by atoms with van der Waals surface area (Å²) in [5.74, 6) is -3.47. The normalized spacial score (nSPS) is 10.9. The Morgan fingerprint density at radius 3 is 1.38 bits per heavy atom. The second-order valence-electron chi connectivity index (χ2n) is 12.1. The van der Waals surface area contributed by atoms with Gasteiger partial charge in [-0.2, -0.15) is 0 Å². The van der Waals surface area contributed by atoms with Crippen LogP contribution >= 0.6 is 0 Å². The number of aliphatic hydroxyl groups is 3. The summed E-state index contributed by atoms with van der Waals surface area (Å²) in [6, 6.07) is 8.56. The van der Waals surface area contributed by atoms with Crippen LogP contribution in [-0.2, 0) is 49.1 Å². The summed E-state index contributed by atoms with van der Waals surface area (Å²) in [6.45, 7) is 12.1. The minimum atomic E-state index is -1.37. The van der Waals surface area contributed by atoms with E-state index >= 15 is 0 Å². The van der Waals surface area contributed by atoms with E-state index in [2.05, 4.69) is 4.98 Å². The summed E-state index contributed by atoms with van der Waals surface area (Å²) in [7, 11) is 1.00. The van der Waals surface area contributed by atoms with Gasteiger partial charge in [0.15, 0.2) is 0 Å². The topological polar surface area (TPSA) is 214 Å². The third kappa shape index (κ3) is 22.7. The van der Waals surface area contributed by atoms with Crippen molar-refractivity contribution in [2.24, 2.45) is 0 Å². The highest BCUT2D eigenvalue weighted by Gasteiger charge is 2.27. The maximum Gasteiger partial charge on any atom is 0.337 e. The number of hydrogen-bond acceptors (Lipinski definition) is 14. The fraction of sp³-hybridized carbons (Fsp3) is 0.571. The van der Waals surface area contributed by atoms with Crippen LogP contribution in [0.5, 0.6) is 0 Å². The van der Waals surface area contributed by atoms with Crippen molar-refractivity contribution in [2.45, 2.75) is 20.3 Å². The lowest BCUT2D eigenvalue weighted by Gasteiger charge is -2.11. The van der Waals surface area contributed by atoms with Crippen molar-refractivity contribution >= 4 is 11.8 Å². The zero-order valence-electron chi connectivity index (χ0n) is 34.9. The SMILES string of the molecule is CCOCCOCCOCCOCCO.CO.Cc1c(F)ccc(F)c1-c1c(C(=O)O)c[nH]c1C(=O)c1ccc(CCOCCOCCOCCOCCOCCO)cc1. The highest BCUT2D eigenvalue weighted by atomic mass is 19.1. The first-order chi connectivity index (χ1) is 29.3. The predicted molar refractivity (Wildman–Crippen MR) is 217 cm³/mol. The van der Waals surface area contributed by atoms with Crippen molar-refractivity contribution in [1.29, 1.82) is 0 Å². The zero-order valence-corrected chi connectivity index (χ0v) is 34.9. The van der Waals surface area contributed by atoms with Gasteiger partial charge in [0.05, 0.1) is 137 Å². The largest absolute Gasteiger partial charge is 0.478 e. The van der Waals surface area contributed by atoms with E-state index in [1.165, 1.54) is 6.92 Å². The zero-order chi connectivity index (χ0) is 44.2. The molecule has 0 amide bonds. The van der Waals surface area contributed by atoms with Gasteiger partial charge in [-0.25, -0.2) is 13.6 Å². The highest BCUT2D eigenvalue weighted by Crippen LogP contribution is 2.35. The molecule has 2 aromatic carbocycles. The second kappa shape index (κ2) is 35.9. The van der Waals surface area contributed by atoms with Gasteiger partial charge in [0.2, 0.25) is 5.78 Å². The molecule has 0 saturated heterocycles. The lowest BCUT2D eigenvalue weighted by molar-refractivity contribution is -0.0130. The van der Waals surface area contributed by atoms with E-state index in [1.807, 2.05) is 6.92 Å². The third-order valence-electron chi connectivity index (χ3n) is 7.97. The van der Waals surface area contributed by atoms with Gasteiger partial charge in [-0.1, -0.05) is 24.3 Å². The molecule has 0 fully saturated rings. The molecule has 0 radical (unpaired) electrons. The summed E-state index contributed by atoms with van der Waals surface area (Å²) in [6.07, 6.45) is 1.70. The molecule has 5 N–H and O–H groups in total. The molecule has 3 rings (SSSR count).